The van der Waals surface area contributed by atoms with E-state index in [1.165, 1.54) is 6.33 Å². The number of thioether (sulfide) groups is 1. The third-order valence-electron chi connectivity index (χ3n) is 4.02. The van der Waals surface area contributed by atoms with Crippen LogP contribution >= 0.6 is 11.8 Å². The number of pyridine rings is 1. The second-order valence-electron chi connectivity index (χ2n) is 5.72. The molecule has 0 amide bonds. The van der Waals surface area contributed by atoms with Gasteiger partial charge in [-0.2, -0.15) is 10.2 Å². The lowest BCUT2D eigenvalue weighted by molar-refractivity contribution is 0.414. The van der Waals surface area contributed by atoms with Crippen molar-refractivity contribution in [2.45, 2.75) is 5.03 Å². The van der Waals surface area contributed by atoms with Crippen molar-refractivity contribution < 1.29 is 4.74 Å². The van der Waals surface area contributed by atoms with Crippen molar-refractivity contribution in [2.75, 3.05) is 18.8 Å². The van der Waals surface area contributed by atoms with Crippen LogP contribution in [0.15, 0.2) is 65.2 Å². The molecule has 0 saturated carbocycles. The number of hydrazone groups is 1. The normalized spacial score (nSPS) is 11.2. The molecule has 0 fully saturated rings. The van der Waals surface area contributed by atoms with E-state index >= 15 is 0 Å². The Labute approximate surface area is 165 Å². The van der Waals surface area contributed by atoms with Crippen LogP contribution in [0.25, 0.3) is 16.7 Å². The third kappa shape index (κ3) is 3.65. The summed E-state index contributed by atoms with van der Waals surface area (Å²) in [6, 6.07) is 11.5. The number of methoxy groups -OCH3 is 1. The van der Waals surface area contributed by atoms with Gasteiger partial charge in [0.2, 0.25) is 0 Å². The summed E-state index contributed by atoms with van der Waals surface area (Å²) in [4.78, 5) is 13.0. The predicted molar refractivity (Wildman–Crippen MR) is 110 cm³/mol. The van der Waals surface area contributed by atoms with Crippen molar-refractivity contribution in [2.24, 2.45) is 5.10 Å². The average Bonchev–Trinajstić information content (AvgIpc) is 3.19. The first-order valence-electron chi connectivity index (χ1n) is 8.41. The molecule has 4 aromatic rings. The zero-order chi connectivity index (χ0) is 19.3. The lowest BCUT2D eigenvalue weighted by atomic mass is 10.3. The molecule has 4 rings (SSSR count). The van der Waals surface area contributed by atoms with Crippen LogP contribution < -0.4 is 10.2 Å². The summed E-state index contributed by atoms with van der Waals surface area (Å²) in [6.07, 6.45) is 8.64. The van der Waals surface area contributed by atoms with E-state index in [2.05, 4.69) is 30.6 Å². The quantitative estimate of drug-likeness (QED) is 0.306. The fraction of sp³-hybridized carbons (Fsp3) is 0.105. The Morgan fingerprint density at radius 2 is 2.07 bits per heavy atom. The predicted octanol–water partition coefficient (Wildman–Crippen LogP) is 3.39. The van der Waals surface area contributed by atoms with Gasteiger partial charge in [0.15, 0.2) is 11.5 Å². The smallest absolute Gasteiger partial charge is 0.168 e. The number of benzene rings is 1. The van der Waals surface area contributed by atoms with Gasteiger partial charge in [-0.15, -0.1) is 11.8 Å². The maximum atomic E-state index is 5.29. The molecule has 0 radical (unpaired) electrons. The molecule has 28 heavy (non-hydrogen) atoms. The van der Waals surface area contributed by atoms with Crippen LogP contribution in [0.5, 0.6) is 5.75 Å². The molecule has 0 saturated heterocycles. The number of aromatic nitrogens is 5. The van der Waals surface area contributed by atoms with Gasteiger partial charge in [0.1, 0.15) is 12.1 Å². The van der Waals surface area contributed by atoms with Crippen molar-refractivity contribution in [3.05, 3.63) is 60.7 Å². The standard InChI is InChI=1S/C19H17N7OS/c1-27-15-5-3-4-14(8-15)26-19-16(11-24-26)18(21-12-22-19)25-23-10-13-6-7-17(28-2)20-9-13/h3-12H,1-2H3,(H,21,22,25). The average molecular weight is 391 g/mol. The van der Waals surface area contributed by atoms with Gasteiger partial charge in [-0.25, -0.2) is 19.6 Å². The molecule has 0 unspecified atom stereocenters. The van der Waals surface area contributed by atoms with Crippen LogP contribution in [0.3, 0.4) is 0 Å². The Kier molecular flexibility index (Phi) is 5.16. The molecule has 0 aliphatic heterocycles. The molecule has 3 aromatic heterocycles. The molecule has 0 aliphatic carbocycles. The monoisotopic (exact) mass is 391 g/mol. The van der Waals surface area contributed by atoms with Gasteiger partial charge >= 0.3 is 0 Å². The number of nitrogens with one attached hydrogen (secondary N) is 1. The summed E-state index contributed by atoms with van der Waals surface area (Å²) in [5, 5.41) is 10.4. The Balaban J connectivity index is 1.60. The Morgan fingerprint density at radius 3 is 2.86 bits per heavy atom. The van der Waals surface area contributed by atoms with Crippen molar-refractivity contribution in [3.8, 4) is 11.4 Å². The van der Waals surface area contributed by atoms with Crippen molar-refractivity contribution >= 4 is 34.8 Å². The number of anilines is 1. The minimum atomic E-state index is 0.573. The highest BCUT2D eigenvalue weighted by atomic mass is 32.2. The van der Waals surface area contributed by atoms with Gasteiger partial charge in [-0.3, -0.25) is 5.43 Å². The summed E-state index contributed by atoms with van der Waals surface area (Å²) >= 11 is 1.60. The summed E-state index contributed by atoms with van der Waals surface area (Å²) in [5.74, 6) is 1.32. The van der Waals surface area contributed by atoms with E-state index in [0.717, 1.165) is 27.4 Å². The summed E-state index contributed by atoms with van der Waals surface area (Å²) in [6.45, 7) is 0. The molecular formula is C19H17N7OS. The van der Waals surface area contributed by atoms with Gasteiger partial charge in [0.05, 0.1) is 35.6 Å². The Hall–Kier alpha value is -3.46. The SMILES string of the molecule is COc1cccc(-n2ncc3c(NN=Cc4ccc(SC)nc4)ncnc32)c1. The molecule has 9 heteroatoms. The summed E-state index contributed by atoms with van der Waals surface area (Å²) in [7, 11) is 1.63. The third-order valence-corrected chi connectivity index (χ3v) is 4.68. The van der Waals surface area contributed by atoms with Gasteiger partial charge < -0.3 is 4.74 Å². The first-order chi connectivity index (χ1) is 13.8. The lowest BCUT2D eigenvalue weighted by Gasteiger charge is -2.06. The highest BCUT2D eigenvalue weighted by Gasteiger charge is 2.11. The second kappa shape index (κ2) is 8.05. The Morgan fingerprint density at radius 1 is 1.14 bits per heavy atom. The van der Waals surface area contributed by atoms with Crippen molar-refractivity contribution in [1.29, 1.82) is 0 Å². The van der Waals surface area contributed by atoms with Crippen LogP contribution in [0.4, 0.5) is 5.82 Å². The Bertz CT molecular complexity index is 1120. The molecule has 0 spiro atoms. The second-order valence-corrected chi connectivity index (χ2v) is 6.55. The van der Waals surface area contributed by atoms with E-state index in [-0.39, 0.29) is 0 Å². The summed E-state index contributed by atoms with van der Waals surface area (Å²) < 4.78 is 7.02. The van der Waals surface area contributed by atoms with Gasteiger partial charge in [0, 0.05) is 17.8 Å². The molecule has 3 heterocycles. The number of fused-ring (bicyclic) bond motifs is 1. The number of ether oxygens (including phenoxy) is 1. The topological polar surface area (TPSA) is 90.1 Å². The lowest BCUT2D eigenvalue weighted by Crippen LogP contribution is -2.00. The largest absolute Gasteiger partial charge is 0.497 e. The van der Waals surface area contributed by atoms with Crippen LogP contribution in [0, 0.1) is 0 Å². The number of hydrogen-bond acceptors (Lipinski definition) is 8. The van der Waals surface area contributed by atoms with Crippen LogP contribution in [0.2, 0.25) is 0 Å². The molecule has 1 N–H and O–H groups in total. The molecule has 8 nitrogen and oxygen atoms in total. The van der Waals surface area contributed by atoms with E-state index in [9.17, 15) is 0 Å². The molecule has 0 bridgehead atoms. The van der Waals surface area contributed by atoms with E-state index in [0.29, 0.717) is 11.5 Å². The minimum absolute atomic E-state index is 0.573. The van der Waals surface area contributed by atoms with Gasteiger partial charge in [0.25, 0.3) is 0 Å². The molecular weight excluding hydrogens is 374 g/mol. The minimum Gasteiger partial charge on any atom is -0.497 e. The van der Waals surface area contributed by atoms with Crippen LogP contribution in [-0.4, -0.2) is 44.3 Å². The van der Waals surface area contributed by atoms with E-state index in [1.54, 1.807) is 42.2 Å². The van der Waals surface area contributed by atoms with Crippen molar-refractivity contribution in [1.82, 2.24) is 24.7 Å². The van der Waals surface area contributed by atoms with E-state index in [4.69, 9.17) is 4.74 Å². The fourth-order valence-corrected chi connectivity index (χ4v) is 2.98. The first-order valence-corrected chi connectivity index (χ1v) is 9.63. The van der Waals surface area contributed by atoms with Gasteiger partial charge in [-0.05, 0) is 30.5 Å². The van der Waals surface area contributed by atoms with E-state index in [1.807, 2.05) is 42.7 Å². The first kappa shape index (κ1) is 17.9. The van der Waals surface area contributed by atoms with Crippen LogP contribution in [-0.2, 0) is 0 Å². The van der Waals surface area contributed by atoms with Crippen LogP contribution in [0.1, 0.15) is 5.56 Å². The molecule has 140 valence electrons. The van der Waals surface area contributed by atoms with Crippen molar-refractivity contribution in [3.63, 3.8) is 0 Å². The highest BCUT2D eigenvalue weighted by molar-refractivity contribution is 7.98. The molecule has 1 aromatic carbocycles. The number of hydrogen-bond donors (Lipinski definition) is 1. The zero-order valence-electron chi connectivity index (χ0n) is 15.3. The zero-order valence-corrected chi connectivity index (χ0v) is 16.1. The summed E-state index contributed by atoms with van der Waals surface area (Å²) in [5.41, 5.74) is 5.37. The highest BCUT2D eigenvalue weighted by Crippen LogP contribution is 2.23. The fourth-order valence-electron chi connectivity index (χ4n) is 2.62. The maximum absolute atomic E-state index is 5.29. The molecule has 0 atom stereocenters. The molecule has 0 aliphatic rings. The number of nitrogens with zero attached hydrogens (tertiary/aromatic N) is 6. The number of rotatable bonds is 6. The van der Waals surface area contributed by atoms with Gasteiger partial charge in [-0.1, -0.05) is 6.07 Å². The maximum Gasteiger partial charge on any atom is 0.168 e. The van der Waals surface area contributed by atoms with E-state index < -0.39 is 0 Å².